The summed E-state index contributed by atoms with van der Waals surface area (Å²) in [6, 6.07) is 7.60. The van der Waals surface area contributed by atoms with Crippen LogP contribution in [0.4, 0.5) is 0 Å². The van der Waals surface area contributed by atoms with Crippen molar-refractivity contribution in [3.63, 3.8) is 0 Å². The van der Waals surface area contributed by atoms with E-state index in [1.54, 1.807) is 7.11 Å². The quantitative estimate of drug-likeness (QED) is 0.883. The van der Waals surface area contributed by atoms with E-state index in [0.717, 1.165) is 44.0 Å². The van der Waals surface area contributed by atoms with E-state index in [1.165, 1.54) is 0 Å². The van der Waals surface area contributed by atoms with Crippen LogP contribution in [0.5, 0.6) is 11.5 Å². The highest BCUT2D eigenvalue weighted by molar-refractivity contribution is 5.31. The molecule has 0 amide bonds. The Morgan fingerprint density at radius 2 is 1.95 bits per heavy atom. The summed E-state index contributed by atoms with van der Waals surface area (Å²) >= 11 is 0. The van der Waals surface area contributed by atoms with Gasteiger partial charge in [0.25, 0.3) is 0 Å². The minimum Gasteiger partial charge on any atom is -0.497 e. The van der Waals surface area contributed by atoms with Crippen LogP contribution < -0.4 is 9.47 Å². The number of piperidine rings is 1. The molecule has 2 rings (SSSR count). The SMILES string of the molecule is COc1ccc(OCCN2CCCC(C)(O)C2)cc1. The van der Waals surface area contributed by atoms with Crippen molar-refractivity contribution in [3.05, 3.63) is 24.3 Å². The number of methoxy groups -OCH3 is 1. The molecule has 1 aromatic carbocycles. The van der Waals surface area contributed by atoms with Crippen molar-refractivity contribution in [3.8, 4) is 11.5 Å². The number of β-amino-alcohol motifs (C(OH)–C–C–N with tert-alkyl or cyclic N) is 1. The summed E-state index contributed by atoms with van der Waals surface area (Å²) in [5.41, 5.74) is -0.543. The maximum absolute atomic E-state index is 10.0. The van der Waals surface area contributed by atoms with Gasteiger partial charge in [0, 0.05) is 13.1 Å². The van der Waals surface area contributed by atoms with Gasteiger partial charge in [0.2, 0.25) is 0 Å². The molecule has 4 heteroatoms. The van der Waals surface area contributed by atoms with Crippen molar-refractivity contribution in [1.82, 2.24) is 4.90 Å². The van der Waals surface area contributed by atoms with E-state index in [9.17, 15) is 5.11 Å². The van der Waals surface area contributed by atoms with E-state index in [2.05, 4.69) is 4.90 Å². The Balaban J connectivity index is 1.73. The van der Waals surface area contributed by atoms with Gasteiger partial charge in [-0.25, -0.2) is 0 Å². The summed E-state index contributed by atoms with van der Waals surface area (Å²) < 4.78 is 10.8. The molecule has 1 heterocycles. The molecule has 0 aromatic heterocycles. The fourth-order valence-corrected chi connectivity index (χ4v) is 2.48. The topological polar surface area (TPSA) is 41.9 Å². The molecular formula is C15H23NO3. The maximum Gasteiger partial charge on any atom is 0.119 e. The standard InChI is InChI=1S/C15H23NO3/c1-15(17)8-3-9-16(12-15)10-11-19-14-6-4-13(18-2)5-7-14/h4-7,17H,3,8-12H2,1-2H3. The van der Waals surface area contributed by atoms with Crippen molar-refractivity contribution >= 4 is 0 Å². The first kappa shape index (κ1) is 14.2. The minimum atomic E-state index is -0.543. The molecular weight excluding hydrogens is 242 g/mol. The molecule has 0 saturated carbocycles. The second kappa shape index (κ2) is 6.26. The van der Waals surface area contributed by atoms with Gasteiger partial charge in [-0.1, -0.05) is 0 Å². The van der Waals surface area contributed by atoms with Crippen LogP contribution in [0.3, 0.4) is 0 Å². The highest BCUT2D eigenvalue weighted by Gasteiger charge is 2.27. The average molecular weight is 265 g/mol. The predicted molar refractivity (Wildman–Crippen MR) is 74.8 cm³/mol. The Morgan fingerprint density at radius 3 is 2.58 bits per heavy atom. The van der Waals surface area contributed by atoms with Crippen molar-refractivity contribution in [2.45, 2.75) is 25.4 Å². The molecule has 1 saturated heterocycles. The van der Waals surface area contributed by atoms with Gasteiger partial charge in [-0.2, -0.15) is 0 Å². The Bertz CT molecular complexity index is 389. The Hall–Kier alpha value is -1.26. The smallest absolute Gasteiger partial charge is 0.119 e. The molecule has 4 nitrogen and oxygen atoms in total. The van der Waals surface area contributed by atoms with Gasteiger partial charge < -0.3 is 14.6 Å². The number of hydrogen-bond donors (Lipinski definition) is 1. The van der Waals surface area contributed by atoms with Crippen molar-refractivity contribution in [2.24, 2.45) is 0 Å². The molecule has 19 heavy (non-hydrogen) atoms. The zero-order valence-electron chi connectivity index (χ0n) is 11.8. The number of nitrogens with zero attached hydrogens (tertiary/aromatic N) is 1. The molecule has 1 N–H and O–H groups in total. The number of likely N-dealkylation sites (tertiary alicyclic amines) is 1. The molecule has 0 radical (unpaired) electrons. The zero-order chi connectivity index (χ0) is 13.7. The van der Waals surface area contributed by atoms with Crippen molar-refractivity contribution in [1.29, 1.82) is 0 Å². The lowest BCUT2D eigenvalue weighted by Crippen LogP contribution is -2.47. The number of ether oxygens (including phenoxy) is 2. The van der Waals surface area contributed by atoms with E-state index in [1.807, 2.05) is 31.2 Å². The number of aliphatic hydroxyl groups is 1. The molecule has 1 fully saturated rings. The minimum absolute atomic E-state index is 0.543. The lowest BCUT2D eigenvalue weighted by molar-refractivity contribution is -0.0183. The van der Waals surface area contributed by atoms with Crippen LogP contribution in [0, 0.1) is 0 Å². The van der Waals surface area contributed by atoms with Gasteiger partial charge in [-0.15, -0.1) is 0 Å². The summed E-state index contributed by atoms with van der Waals surface area (Å²) in [7, 11) is 1.65. The highest BCUT2D eigenvalue weighted by atomic mass is 16.5. The van der Waals surface area contributed by atoms with Crippen LogP contribution in [-0.2, 0) is 0 Å². The third-order valence-electron chi connectivity index (χ3n) is 3.49. The van der Waals surface area contributed by atoms with Gasteiger partial charge >= 0.3 is 0 Å². The van der Waals surface area contributed by atoms with Gasteiger partial charge in [0.1, 0.15) is 18.1 Å². The molecule has 0 aliphatic carbocycles. The Labute approximate surface area is 114 Å². The van der Waals surface area contributed by atoms with Crippen LogP contribution in [0.1, 0.15) is 19.8 Å². The second-order valence-electron chi connectivity index (χ2n) is 5.40. The fraction of sp³-hybridized carbons (Fsp3) is 0.600. The second-order valence-corrected chi connectivity index (χ2v) is 5.40. The largest absolute Gasteiger partial charge is 0.497 e. The summed E-state index contributed by atoms with van der Waals surface area (Å²) in [5, 5.41) is 10.0. The van der Waals surface area contributed by atoms with E-state index in [0.29, 0.717) is 6.61 Å². The van der Waals surface area contributed by atoms with Crippen LogP contribution in [-0.4, -0.2) is 49.0 Å². The van der Waals surface area contributed by atoms with Gasteiger partial charge in [-0.05, 0) is 50.6 Å². The third kappa shape index (κ3) is 4.40. The van der Waals surface area contributed by atoms with E-state index < -0.39 is 5.60 Å². The Morgan fingerprint density at radius 1 is 1.26 bits per heavy atom. The molecule has 1 aliphatic heterocycles. The maximum atomic E-state index is 10.0. The van der Waals surface area contributed by atoms with Gasteiger partial charge in [0.15, 0.2) is 0 Å². The fourth-order valence-electron chi connectivity index (χ4n) is 2.48. The molecule has 0 bridgehead atoms. The summed E-state index contributed by atoms with van der Waals surface area (Å²) in [6.07, 6.45) is 1.94. The van der Waals surface area contributed by atoms with E-state index in [4.69, 9.17) is 9.47 Å². The molecule has 1 atom stereocenters. The van der Waals surface area contributed by atoms with Crippen LogP contribution >= 0.6 is 0 Å². The molecule has 1 aliphatic rings. The van der Waals surface area contributed by atoms with Crippen molar-refractivity contribution < 1.29 is 14.6 Å². The number of benzene rings is 1. The number of rotatable bonds is 5. The first-order chi connectivity index (χ1) is 9.09. The molecule has 106 valence electrons. The van der Waals surface area contributed by atoms with Gasteiger partial charge in [0.05, 0.1) is 12.7 Å². The van der Waals surface area contributed by atoms with Gasteiger partial charge in [-0.3, -0.25) is 4.90 Å². The first-order valence-electron chi connectivity index (χ1n) is 6.81. The molecule has 1 unspecified atom stereocenters. The average Bonchev–Trinajstić information content (AvgIpc) is 2.38. The highest BCUT2D eigenvalue weighted by Crippen LogP contribution is 2.20. The molecule has 1 aromatic rings. The summed E-state index contributed by atoms with van der Waals surface area (Å²) in [6.45, 7) is 5.18. The predicted octanol–water partition coefficient (Wildman–Crippen LogP) is 1.92. The summed E-state index contributed by atoms with van der Waals surface area (Å²) in [4.78, 5) is 2.26. The number of hydrogen-bond acceptors (Lipinski definition) is 4. The molecule has 0 spiro atoms. The third-order valence-corrected chi connectivity index (χ3v) is 3.49. The van der Waals surface area contributed by atoms with E-state index in [-0.39, 0.29) is 0 Å². The monoisotopic (exact) mass is 265 g/mol. The zero-order valence-corrected chi connectivity index (χ0v) is 11.8. The first-order valence-corrected chi connectivity index (χ1v) is 6.81. The van der Waals surface area contributed by atoms with Crippen LogP contribution in [0.2, 0.25) is 0 Å². The van der Waals surface area contributed by atoms with Crippen LogP contribution in [0.25, 0.3) is 0 Å². The normalized spacial score (nSPS) is 24.2. The lowest BCUT2D eigenvalue weighted by Gasteiger charge is -2.36. The van der Waals surface area contributed by atoms with E-state index >= 15 is 0 Å². The van der Waals surface area contributed by atoms with Crippen LogP contribution in [0.15, 0.2) is 24.3 Å². The lowest BCUT2D eigenvalue weighted by atomic mass is 9.95. The van der Waals surface area contributed by atoms with Crippen molar-refractivity contribution in [2.75, 3.05) is 33.4 Å². The summed E-state index contributed by atoms with van der Waals surface area (Å²) in [5.74, 6) is 1.68. The Kier molecular flexibility index (Phi) is 4.66.